The van der Waals surface area contributed by atoms with Gasteiger partial charge in [0.15, 0.2) is 5.65 Å². The maximum atomic E-state index is 4.46. The van der Waals surface area contributed by atoms with Crippen LogP contribution in [0.2, 0.25) is 0 Å². The largest absolute Gasteiger partial charge is 0.321 e. The molecule has 3 rings (SSSR count). The smallest absolute Gasteiger partial charge is 0.177 e. The van der Waals surface area contributed by atoms with Crippen LogP contribution in [-0.2, 0) is 0 Å². The quantitative estimate of drug-likeness (QED) is 0.854. The van der Waals surface area contributed by atoms with Crippen molar-refractivity contribution in [1.29, 1.82) is 0 Å². The number of imidazole rings is 1. The Labute approximate surface area is 95.8 Å². The molecule has 1 N–H and O–H groups in total. The molecule has 1 aliphatic rings. The summed E-state index contributed by atoms with van der Waals surface area (Å²) in [6.07, 6.45) is 1.79. The van der Waals surface area contributed by atoms with E-state index in [0.717, 1.165) is 34.6 Å². The van der Waals surface area contributed by atoms with Gasteiger partial charge < -0.3 is 9.88 Å². The molecule has 0 atom stereocenters. The second-order valence-corrected chi connectivity index (χ2v) is 4.75. The van der Waals surface area contributed by atoms with Crippen LogP contribution in [0.15, 0.2) is 16.7 Å². The highest BCUT2D eigenvalue weighted by molar-refractivity contribution is 9.10. The fraction of sp³-hybridized carbons (Fsp3) is 0.400. The summed E-state index contributed by atoms with van der Waals surface area (Å²) in [5, 5.41) is 3.28. The minimum atomic E-state index is 0.533. The zero-order valence-electron chi connectivity index (χ0n) is 8.37. The Morgan fingerprint density at radius 3 is 3.00 bits per heavy atom. The van der Waals surface area contributed by atoms with Crippen molar-refractivity contribution < 1.29 is 0 Å². The molecule has 0 radical (unpaired) electrons. The van der Waals surface area contributed by atoms with E-state index in [-0.39, 0.29) is 0 Å². The first kappa shape index (κ1) is 9.30. The average molecular weight is 267 g/mol. The van der Waals surface area contributed by atoms with Crippen LogP contribution in [0, 0.1) is 6.92 Å². The fourth-order valence-corrected chi connectivity index (χ4v) is 2.30. The van der Waals surface area contributed by atoms with Crippen molar-refractivity contribution in [2.45, 2.75) is 13.0 Å². The highest BCUT2D eigenvalue weighted by atomic mass is 79.9. The molecule has 3 heterocycles. The van der Waals surface area contributed by atoms with Gasteiger partial charge in [0, 0.05) is 23.8 Å². The summed E-state index contributed by atoms with van der Waals surface area (Å²) in [6, 6.07) is 2.62. The lowest BCUT2D eigenvalue weighted by molar-refractivity contribution is 0.345. The maximum Gasteiger partial charge on any atom is 0.177 e. The van der Waals surface area contributed by atoms with Crippen LogP contribution in [0.5, 0.6) is 0 Å². The van der Waals surface area contributed by atoms with Gasteiger partial charge in [-0.1, -0.05) is 0 Å². The standard InChI is InChI=1S/C10H11BrN4/c1-6-14-10-9(2-7(11)3-13-10)15(6)8-4-12-5-8/h2-3,8,12H,4-5H2,1H3. The Morgan fingerprint density at radius 1 is 1.53 bits per heavy atom. The molecule has 0 aromatic carbocycles. The number of hydrogen-bond acceptors (Lipinski definition) is 3. The Kier molecular flexibility index (Phi) is 2.03. The molecular weight excluding hydrogens is 256 g/mol. The average Bonchev–Trinajstić information content (AvgIpc) is 2.42. The minimum absolute atomic E-state index is 0.533. The summed E-state index contributed by atoms with van der Waals surface area (Å²) < 4.78 is 3.27. The molecule has 0 aliphatic carbocycles. The lowest BCUT2D eigenvalue weighted by Crippen LogP contribution is -2.43. The van der Waals surface area contributed by atoms with E-state index in [4.69, 9.17) is 0 Å². The van der Waals surface area contributed by atoms with E-state index in [0.29, 0.717) is 6.04 Å². The fourth-order valence-electron chi connectivity index (χ4n) is 1.98. The van der Waals surface area contributed by atoms with Gasteiger partial charge in [0.25, 0.3) is 0 Å². The number of hydrogen-bond donors (Lipinski definition) is 1. The van der Waals surface area contributed by atoms with Gasteiger partial charge >= 0.3 is 0 Å². The molecule has 0 unspecified atom stereocenters. The van der Waals surface area contributed by atoms with Crippen LogP contribution in [0.1, 0.15) is 11.9 Å². The minimum Gasteiger partial charge on any atom is -0.321 e. The van der Waals surface area contributed by atoms with E-state index < -0.39 is 0 Å². The Hall–Kier alpha value is -0.940. The summed E-state index contributed by atoms with van der Waals surface area (Å²) in [5.74, 6) is 1.04. The Bertz CT molecular complexity index is 515. The van der Waals surface area contributed by atoms with Crippen LogP contribution >= 0.6 is 15.9 Å². The first-order chi connectivity index (χ1) is 7.25. The summed E-state index contributed by atoms with van der Waals surface area (Å²) >= 11 is 3.45. The van der Waals surface area contributed by atoms with Gasteiger partial charge in [-0.2, -0.15) is 0 Å². The number of rotatable bonds is 1. The van der Waals surface area contributed by atoms with Gasteiger partial charge in [-0.3, -0.25) is 0 Å². The van der Waals surface area contributed by atoms with Gasteiger partial charge in [0.05, 0.1) is 11.6 Å². The molecule has 1 aliphatic heterocycles. The predicted molar refractivity (Wildman–Crippen MR) is 61.9 cm³/mol. The molecule has 4 nitrogen and oxygen atoms in total. The third-order valence-electron chi connectivity index (χ3n) is 2.81. The molecule has 0 amide bonds. The second kappa shape index (κ2) is 3.28. The summed E-state index contributed by atoms with van der Waals surface area (Å²) in [5.41, 5.74) is 1.95. The van der Waals surface area contributed by atoms with E-state index in [2.05, 4.69) is 41.8 Å². The van der Waals surface area contributed by atoms with E-state index in [1.807, 2.05) is 6.92 Å². The van der Waals surface area contributed by atoms with Crippen molar-refractivity contribution in [2.75, 3.05) is 13.1 Å². The lowest BCUT2D eigenvalue weighted by atomic mass is 10.1. The predicted octanol–water partition coefficient (Wildman–Crippen LogP) is 1.65. The van der Waals surface area contributed by atoms with Crippen LogP contribution in [0.3, 0.4) is 0 Å². The van der Waals surface area contributed by atoms with Crippen molar-refractivity contribution in [1.82, 2.24) is 19.9 Å². The lowest BCUT2D eigenvalue weighted by Gasteiger charge is -2.29. The van der Waals surface area contributed by atoms with Gasteiger partial charge in [-0.25, -0.2) is 9.97 Å². The van der Waals surface area contributed by atoms with Crippen molar-refractivity contribution >= 4 is 27.1 Å². The number of pyridine rings is 1. The molecule has 15 heavy (non-hydrogen) atoms. The number of fused-ring (bicyclic) bond motifs is 1. The molecule has 78 valence electrons. The molecule has 2 aromatic rings. The zero-order chi connectivity index (χ0) is 10.4. The highest BCUT2D eigenvalue weighted by Gasteiger charge is 2.22. The monoisotopic (exact) mass is 266 g/mol. The SMILES string of the molecule is Cc1nc2ncc(Br)cc2n1C1CNC1. The first-order valence-electron chi connectivity index (χ1n) is 4.96. The Morgan fingerprint density at radius 2 is 2.33 bits per heavy atom. The number of aromatic nitrogens is 3. The van der Waals surface area contributed by atoms with Gasteiger partial charge in [0.1, 0.15) is 5.82 Å². The molecule has 1 saturated heterocycles. The number of nitrogens with one attached hydrogen (secondary N) is 1. The second-order valence-electron chi connectivity index (χ2n) is 3.84. The van der Waals surface area contributed by atoms with Crippen LogP contribution in [-0.4, -0.2) is 27.6 Å². The topological polar surface area (TPSA) is 42.7 Å². The first-order valence-corrected chi connectivity index (χ1v) is 5.76. The Balaban J connectivity index is 2.25. The third kappa shape index (κ3) is 1.38. The summed E-state index contributed by atoms with van der Waals surface area (Å²) in [4.78, 5) is 8.76. The van der Waals surface area contributed by atoms with E-state index in [9.17, 15) is 0 Å². The van der Waals surface area contributed by atoms with E-state index in [1.165, 1.54) is 0 Å². The van der Waals surface area contributed by atoms with Gasteiger partial charge in [0.2, 0.25) is 0 Å². The van der Waals surface area contributed by atoms with Crippen molar-refractivity contribution in [3.05, 3.63) is 22.6 Å². The molecular formula is C10H11BrN4. The van der Waals surface area contributed by atoms with E-state index >= 15 is 0 Å². The number of aryl methyl sites for hydroxylation is 1. The molecule has 1 fully saturated rings. The molecule has 0 saturated carbocycles. The summed E-state index contributed by atoms with van der Waals surface area (Å²) in [6.45, 7) is 4.09. The van der Waals surface area contributed by atoms with Gasteiger partial charge in [-0.15, -0.1) is 0 Å². The van der Waals surface area contributed by atoms with Gasteiger partial charge in [-0.05, 0) is 28.9 Å². The maximum absolute atomic E-state index is 4.46. The molecule has 0 spiro atoms. The third-order valence-corrected chi connectivity index (χ3v) is 3.25. The van der Waals surface area contributed by atoms with Crippen molar-refractivity contribution in [3.8, 4) is 0 Å². The number of nitrogens with zero attached hydrogens (tertiary/aromatic N) is 3. The molecule has 0 bridgehead atoms. The summed E-state index contributed by atoms with van der Waals surface area (Å²) in [7, 11) is 0. The molecule has 2 aromatic heterocycles. The highest BCUT2D eigenvalue weighted by Crippen LogP contribution is 2.24. The van der Waals surface area contributed by atoms with E-state index in [1.54, 1.807) is 6.20 Å². The van der Waals surface area contributed by atoms with Crippen LogP contribution in [0.25, 0.3) is 11.2 Å². The van der Waals surface area contributed by atoms with Crippen LogP contribution in [0.4, 0.5) is 0 Å². The number of halogens is 1. The zero-order valence-corrected chi connectivity index (χ0v) is 9.95. The van der Waals surface area contributed by atoms with Crippen molar-refractivity contribution in [2.24, 2.45) is 0 Å². The van der Waals surface area contributed by atoms with Crippen molar-refractivity contribution in [3.63, 3.8) is 0 Å². The molecule has 5 heteroatoms. The normalized spacial score (nSPS) is 16.9. The van der Waals surface area contributed by atoms with Crippen LogP contribution < -0.4 is 5.32 Å².